The van der Waals surface area contributed by atoms with Gasteiger partial charge >= 0.3 is 0 Å². The number of pyridine rings is 1. The Morgan fingerprint density at radius 2 is 2.00 bits per heavy atom. The predicted octanol–water partition coefficient (Wildman–Crippen LogP) is 1.02. The minimum atomic E-state index is -0.507. The van der Waals surface area contributed by atoms with Gasteiger partial charge < -0.3 is 15.0 Å². The van der Waals surface area contributed by atoms with Crippen LogP contribution in [0.2, 0.25) is 0 Å². The minimum Gasteiger partial charge on any atom is -0.485 e. The van der Waals surface area contributed by atoms with Gasteiger partial charge in [-0.15, -0.1) is 0 Å². The summed E-state index contributed by atoms with van der Waals surface area (Å²) in [5, 5.41) is 3.70. The summed E-state index contributed by atoms with van der Waals surface area (Å²) in [7, 11) is 0. The zero-order valence-electron chi connectivity index (χ0n) is 9.00. The first-order valence-corrected chi connectivity index (χ1v) is 5.43. The van der Waals surface area contributed by atoms with E-state index in [1.54, 1.807) is 18.2 Å². The van der Waals surface area contributed by atoms with E-state index in [4.69, 9.17) is 4.74 Å². The Morgan fingerprint density at radius 1 is 1.24 bits per heavy atom. The van der Waals surface area contributed by atoms with Crippen molar-refractivity contribution in [2.45, 2.75) is 6.10 Å². The van der Waals surface area contributed by atoms with E-state index in [1.807, 2.05) is 0 Å². The number of H-pyrrole nitrogens is 1. The van der Waals surface area contributed by atoms with Crippen LogP contribution in [0.15, 0.2) is 29.1 Å². The highest BCUT2D eigenvalue weighted by molar-refractivity contribution is 5.80. The number of nitrogens with one attached hydrogen (secondary N) is 2. The van der Waals surface area contributed by atoms with Crippen molar-refractivity contribution in [1.29, 1.82) is 0 Å². The maximum absolute atomic E-state index is 14.1. The van der Waals surface area contributed by atoms with Crippen LogP contribution in [0.25, 0.3) is 10.9 Å². The van der Waals surface area contributed by atoms with Crippen molar-refractivity contribution in [3.8, 4) is 5.75 Å². The zero-order chi connectivity index (χ0) is 11.8. The molecule has 1 fully saturated rings. The number of aromatic nitrogens is 1. The third-order valence-electron chi connectivity index (χ3n) is 2.84. The molecule has 0 aliphatic carbocycles. The lowest BCUT2D eigenvalue weighted by Gasteiger charge is -2.28. The molecule has 0 atom stereocenters. The second-order valence-corrected chi connectivity index (χ2v) is 4.06. The lowest BCUT2D eigenvalue weighted by Crippen LogP contribution is -2.50. The number of hydrogen-bond acceptors (Lipinski definition) is 3. The number of fused-ring (bicyclic) bond motifs is 1. The summed E-state index contributed by atoms with van der Waals surface area (Å²) < 4.78 is 19.5. The summed E-state index contributed by atoms with van der Waals surface area (Å²) in [5.41, 5.74) is -0.124. The third-order valence-corrected chi connectivity index (χ3v) is 2.84. The number of halogens is 1. The summed E-state index contributed by atoms with van der Waals surface area (Å²) in [6, 6.07) is 6.29. The summed E-state index contributed by atoms with van der Waals surface area (Å²) in [4.78, 5) is 13.6. The van der Waals surface area contributed by atoms with Crippen LogP contribution in [0.4, 0.5) is 4.39 Å². The first kappa shape index (κ1) is 10.3. The summed E-state index contributed by atoms with van der Waals surface area (Å²) in [6.07, 6.45) is 0.0115. The Labute approximate surface area is 96.4 Å². The maximum atomic E-state index is 14.1. The summed E-state index contributed by atoms with van der Waals surface area (Å²) >= 11 is 0. The van der Waals surface area contributed by atoms with Gasteiger partial charge in [0.05, 0.1) is 5.52 Å². The number of aromatic amines is 1. The summed E-state index contributed by atoms with van der Waals surface area (Å²) in [6.45, 7) is 1.45. The van der Waals surface area contributed by atoms with Crippen molar-refractivity contribution in [3.05, 3.63) is 40.4 Å². The quantitative estimate of drug-likeness (QED) is 0.815. The average molecular weight is 234 g/mol. The SMILES string of the molecule is O=c1ccc2ccc(OC3CNC3)c(F)c2[nH]1. The van der Waals surface area contributed by atoms with Crippen molar-refractivity contribution < 1.29 is 9.13 Å². The van der Waals surface area contributed by atoms with Gasteiger partial charge in [-0.25, -0.2) is 4.39 Å². The number of hydrogen-bond donors (Lipinski definition) is 2. The van der Waals surface area contributed by atoms with Crippen LogP contribution in [-0.2, 0) is 0 Å². The van der Waals surface area contributed by atoms with E-state index in [0.717, 1.165) is 13.1 Å². The van der Waals surface area contributed by atoms with Gasteiger partial charge in [0, 0.05) is 24.5 Å². The predicted molar refractivity (Wildman–Crippen MR) is 61.8 cm³/mol. The van der Waals surface area contributed by atoms with E-state index in [2.05, 4.69) is 10.3 Å². The van der Waals surface area contributed by atoms with E-state index in [9.17, 15) is 9.18 Å². The lowest BCUT2D eigenvalue weighted by atomic mass is 10.2. The molecular formula is C12H11FN2O2. The van der Waals surface area contributed by atoms with Gasteiger partial charge in [-0.1, -0.05) is 0 Å². The molecule has 2 N–H and O–H groups in total. The highest BCUT2D eigenvalue weighted by Crippen LogP contribution is 2.25. The smallest absolute Gasteiger partial charge is 0.248 e. The van der Waals surface area contributed by atoms with E-state index in [1.165, 1.54) is 6.07 Å². The molecule has 3 rings (SSSR count). The molecule has 88 valence electrons. The topological polar surface area (TPSA) is 54.1 Å². The van der Waals surface area contributed by atoms with Gasteiger partial charge in [0.1, 0.15) is 6.10 Å². The van der Waals surface area contributed by atoms with Crippen molar-refractivity contribution in [3.63, 3.8) is 0 Å². The lowest BCUT2D eigenvalue weighted by molar-refractivity contribution is 0.137. The molecule has 1 aliphatic heterocycles. The Kier molecular flexibility index (Phi) is 2.33. The second kappa shape index (κ2) is 3.85. The monoisotopic (exact) mass is 234 g/mol. The highest BCUT2D eigenvalue weighted by Gasteiger charge is 2.20. The fourth-order valence-corrected chi connectivity index (χ4v) is 1.78. The Hall–Kier alpha value is -1.88. The largest absolute Gasteiger partial charge is 0.485 e. The first-order chi connectivity index (χ1) is 8.24. The molecular weight excluding hydrogens is 223 g/mol. The van der Waals surface area contributed by atoms with Crippen molar-refractivity contribution in [1.82, 2.24) is 10.3 Å². The fourth-order valence-electron chi connectivity index (χ4n) is 1.78. The van der Waals surface area contributed by atoms with Crippen LogP contribution in [0.1, 0.15) is 0 Å². The van der Waals surface area contributed by atoms with Crippen molar-refractivity contribution in [2.24, 2.45) is 0 Å². The zero-order valence-corrected chi connectivity index (χ0v) is 9.00. The molecule has 1 aromatic carbocycles. The molecule has 2 heterocycles. The van der Waals surface area contributed by atoms with Gasteiger partial charge in [-0.3, -0.25) is 4.79 Å². The Bertz CT molecular complexity index is 619. The Balaban J connectivity index is 2.07. The molecule has 2 aromatic rings. The molecule has 0 radical (unpaired) electrons. The van der Waals surface area contributed by atoms with E-state index in [-0.39, 0.29) is 22.9 Å². The molecule has 0 saturated carbocycles. The van der Waals surface area contributed by atoms with Gasteiger partial charge in [0.15, 0.2) is 11.6 Å². The molecule has 17 heavy (non-hydrogen) atoms. The van der Waals surface area contributed by atoms with Gasteiger partial charge in [0.25, 0.3) is 0 Å². The number of rotatable bonds is 2. The molecule has 4 nitrogen and oxygen atoms in total. The molecule has 1 saturated heterocycles. The van der Waals surface area contributed by atoms with Crippen LogP contribution in [0.5, 0.6) is 5.75 Å². The molecule has 0 bridgehead atoms. The first-order valence-electron chi connectivity index (χ1n) is 5.43. The Morgan fingerprint density at radius 3 is 2.71 bits per heavy atom. The normalized spacial score (nSPS) is 15.8. The minimum absolute atomic E-state index is 0.0115. The molecule has 0 amide bonds. The van der Waals surface area contributed by atoms with Crippen LogP contribution in [-0.4, -0.2) is 24.2 Å². The maximum Gasteiger partial charge on any atom is 0.248 e. The summed E-state index contributed by atoms with van der Waals surface area (Å²) in [5.74, 6) is -0.321. The molecule has 5 heteroatoms. The third kappa shape index (κ3) is 1.78. The number of benzene rings is 1. The second-order valence-electron chi connectivity index (χ2n) is 4.06. The average Bonchev–Trinajstić information content (AvgIpc) is 2.27. The van der Waals surface area contributed by atoms with Crippen LogP contribution < -0.4 is 15.6 Å². The van der Waals surface area contributed by atoms with Gasteiger partial charge in [-0.2, -0.15) is 0 Å². The van der Waals surface area contributed by atoms with Crippen LogP contribution in [0, 0.1) is 5.82 Å². The molecule has 1 aromatic heterocycles. The van der Waals surface area contributed by atoms with Gasteiger partial charge in [0.2, 0.25) is 5.56 Å². The van der Waals surface area contributed by atoms with Crippen molar-refractivity contribution in [2.75, 3.05) is 13.1 Å². The van der Waals surface area contributed by atoms with E-state index < -0.39 is 5.82 Å². The van der Waals surface area contributed by atoms with Crippen LogP contribution in [0.3, 0.4) is 0 Å². The van der Waals surface area contributed by atoms with E-state index in [0.29, 0.717) is 5.39 Å². The van der Waals surface area contributed by atoms with Crippen molar-refractivity contribution >= 4 is 10.9 Å². The molecule has 1 aliphatic rings. The molecule has 0 spiro atoms. The van der Waals surface area contributed by atoms with E-state index >= 15 is 0 Å². The highest BCUT2D eigenvalue weighted by atomic mass is 19.1. The van der Waals surface area contributed by atoms with Crippen LogP contribution >= 0.6 is 0 Å². The van der Waals surface area contributed by atoms with Gasteiger partial charge in [-0.05, 0) is 18.2 Å². The fraction of sp³-hybridized carbons (Fsp3) is 0.250. The number of ether oxygens (including phenoxy) is 1. The standard InChI is InChI=1S/C12H11FN2O2/c13-11-9(17-8-5-14-6-8)3-1-7-2-4-10(16)15-12(7)11/h1-4,8,14H,5-6H2,(H,15,16). The molecule has 0 unspecified atom stereocenters.